The standard InChI is InChI=1S/3HI.Zn/h3*1H;/q;;;+2/p-2. The molecular weight excluding hydrogens is 446 g/mol. The van der Waals surface area contributed by atoms with Crippen LogP contribution in [0.4, 0.5) is 0 Å². The molecule has 0 heterocycles. The van der Waals surface area contributed by atoms with Crippen molar-refractivity contribution < 1.29 is 10.1 Å². The Bertz CT molecular complexity index is 3.25. The fourth-order valence-corrected chi connectivity index (χ4v) is 0. The molecule has 0 saturated carbocycles. The van der Waals surface area contributed by atoms with Gasteiger partial charge in [-0.25, -0.2) is 0 Å². The third kappa shape index (κ3) is 8.84. The summed E-state index contributed by atoms with van der Waals surface area (Å²) in [5.41, 5.74) is 0. The Morgan fingerprint density at radius 1 is 1.25 bits per heavy atom. The Morgan fingerprint density at radius 2 is 1.25 bits per heavy atom. The first-order valence-electron chi connectivity index (χ1n) is 0.535. The van der Waals surface area contributed by atoms with E-state index in [0.29, 0.717) is 0 Å². The normalized spacial score (nSPS) is 2.50. The predicted octanol–water partition coefficient (Wildman–Crippen LogP) is 2.39. The molecule has 0 aliphatic carbocycles. The van der Waals surface area contributed by atoms with E-state index in [2.05, 4.69) is 39.5 Å². The van der Waals surface area contributed by atoms with E-state index < -0.39 is 0 Å². The maximum absolute atomic E-state index is 2.46. The summed E-state index contributed by atoms with van der Waals surface area (Å²) in [4.78, 5) is 0. The summed E-state index contributed by atoms with van der Waals surface area (Å²) in [6.45, 7) is 0. The number of hydrogen-bond acceptors (Lipinski definition) is 0. The Kier molecular flexibility index (Phi) is 23.0. The van der Waals surface area contributed by atoms with Crippen molar-refractivity contribution in [3.05, 3.63) is 0 Å². The first-order chi connectivity index (χ1) is 1.41. The SMILES string of the molecule is I.[I][Zn][I]. The molecule has 0 nitrogen and oxygen atoms in total. The van der Waals surface area contributed by atoms with E-state index in [1.807, 2.05) is 0 Å². The first kappa shape index (κ1) is 9.94. The topological polar surface area (TPSA) is 0 Å². The van der Waals surface area contributed by atoms with Crippen LogP contribution < -0.4 is 0 Å². The summed E-state index contributed by atoms with van der Waals surface area (Å²) in [6.07, 6.45) is 0. The van der Waals surface area contributed by atoms with Gasteiger partial charge in [-0.05, 0) is 0 Å². The van der Waals surface area contributed by atoms with Gasteiger partial charge in [0.15, 0.2) is 0 Å². The summed E-state index contributed by atoms with van der Waals surface area (Å²) < 4.78 is 0. The van der Waals surface area contributed by atoms with Gasteiger partial charge in [0, 0.05) is 0 Å². The fraction of sp³-hybridized carbons (Fsp3) is 0. The van der Waals surface area contributed by atoms with Crippen LogP contribution in [0.5, 0.6) is 0 Å². The third-order valence-corrected chi connectivity index (χ3v) is 0. The van der Waals surface area contributed by atoms with Crippen molar-refractivity contribution >= 4 is 63.5 Å². The van der Waals surface area contributed by atoms with Gasteiger partial charge in [-0.2, -0.15) is 0 Å². The molecule has 0 aliphatic heterocycles. The predicted molar refractivity (Wildman–Crippen MR) is 43.5 cm³/mol. The zero-order valence-electron chi connectivity index (χ0n) is 1.87. The van der Waals surface area contributed by atoms with E-state index in [4.69, 9.17) is 0 Å². The quantitative estimate of drug-likeness (QED) is 0.396. The minimum atomic E-state index is 0. The van der Waals surface area contributed by atoms with E-state index >= 15 is 0 Å². The number of hydrogen-bond donors (Lipinski definition) is 0. The van der Waals surface area contributed by atoms with Crippen LogP contribution in [0.1, 0.15) is 0 Å². The fourth-order valence-electron chi connectivity index (χ4n) is 0. The van der Waals surface area contributed by atoms with Crippen LogP contribution in [0, 0.1) is 0 Å². The van der Waals surface area contributed by atoms with Gasteiger partial charge >= 0.3 is 49.6 Å². The van der Waals surface area contributed by atoms with Gasteiger partial charge in [0.25, 0.3) is 0 Å². The first-order valence-corrected chi connectivity index (χ1v) is 18.6. The van der Waals surface area contributed by atoms with Crippen LogP contribution in [-0.2, 0) is 10.1 Å². The monoisotopic (exact) mass is 446 g/mol. The average molecular weight is 447 g/mol. The van der Waals surface area contributed by atoms with Crippen LogP contribution in [0.15, 0.2) is 0 Å². The van der Waals surface area contributed by atoms with Gasteiger partial charge in [0.2, 0.25) is 0 Å². The molecule has 0 radical (unpaired) electrons. The molecule has 0 atom stereocenters. The van der Waals surface area contributed by atoms with Gasteiger partial charge in [0.1, 0.15) is 0 Å². The Balaban J connectivity index is 0. The molecule has 0 amide bonds. The van der Waals surface area contributed by atoms with Gasteiger partial charge < -0.3 is 0 Å². The van der Waals surface area contributed by atoms with Gasteiger partial charge in [0.05, 0.1) is 0 Å². The van der Waals surface area contributed by atoms with Crippen molar-refractivity contribution in [3.8, 4) is 0 Å². The molecule has 0 aromatic rings. The molecule has 24 valence electrons. The zero-order valence-corrected chi connectivity index (χ0v) is 11.5. The summed E-state index contributed by atoms with van der Waals surface area (Å²) in [6, 6.07) is 0. The van der Waals surface area contributed by atoms with Crippen molar-refractivity contribution in [2.75, 3.05) is 0 Å². The van der Waals surface area contributed by atoms with Crippen LogP contribution in [0.25, 0.3) is 0 Å². The molecule has 4 heavy (non-hydrogen) atoms. The summed E-state index contributed by atoms with van der Waals surface area (Å²) in [5.74, 6) is 0. The Labute approximate surface area is 71.9 Å². The second-order valence-electron chi connectivity index (χ2n) is 0.101. The zero-order chi connectivity index (χ0) is 2.71. The van der Waals surface area contributed by atoms with Crippen molar-refractivity contribution in [1.82, 2.24) is 0 Å². The van der Waals surface area contributed by atoms with Crippen LogP contribution in [0.3, 0.4) is 0 Å². The van der Waals surface area contributed by atoms with E-state index in [1.165, 1.54) is 0 Å². The molecule has 0 unspecified atom stereocenters. The van der Waals surface area contributed by atoms with Crippen molar-refractivity contribution in [2.24, 2.45) is 0 Å². The van der Waals surface area contributed by atoms with Crippen molar-refractivity contribution in [1.29, 1.82) is 0 Å². The maximum atomic E-state index is 2.46. The van der Waals surface area contributed by atoms with Crippen molar-refractivity contribution in [2.45, 2.75) is 0 Å². The number of halogens is 3. The summed E-state index contributed by atoms with van der Waals surface area (Å²) in [5, 5.41) is 0. The van der Waals surface area contributed by atoms with Gasteiger partial charge in [-0.1, -0.05) is 0 Å². The molecule has 0 aromatic heterocycles. The molecule has 0 aromatic carbocycles. The van der Waals surface area contributed by atoms with E-state index in [1.54, 1.807) is 0 Å². The third-order valence-electron chi connectivity index (χ3n) is 0. The molecule has 4 heteroatoms. The molecule has 0 bridgehead atoms. The molecular formula is HI3Zn. The Morgan fingerprint density at radius 3 is 1.25 bits per heavy atom. The van der Waals surface area contributed by atoms with E-state index in [9.17, 15) is 0 Å². The number of rotatable bonds is 0. The van der Waals surface area contributed by atoms with E-state index in [0.717, 1.165) is 0 Å². The molecule has 0 aliphatic rings. The Hall–Kier alpha value is 2.81. The second kappa shape index (κ2) is 9.26. The van der Waals surface area contributed by atoms with Crippen LogP contribution >= 0.6 is 63.5 Å². The van der Waals surface area contributed by atoms with Crippen molar-refractivity contribution in [3.63, 3.8) is 0 Å². The molecule has 0 saturated heterocycles. The van der Waals surface area contributed by atoms with E-state index in [-0.39, 0.29) is 34.1 Å². The van der Waals surface area contributed by atoms with Crippen LogP contribution in [0.2, 0.25) is 0 Å². The molecule has 0 N–H and O–H groups in total. The second-order valence-corrected chi connectivity index (χ2v) is 23.6. The minimum absolute atomic E-state index is 0. The average Bonchev–Trinajstić information content (AvgIpc) is 0.918. The summed E-state index contributed by atoms with van der Waals surface area (Å²) >= 11 is 4.93. The summed E-state index contributed by atoms with van der Waals surface area (Å²) in [7, 11) is 0.0650. The van der Waals surface area contributed by atoms with Crippen LogP contribution in [-0.4, -0.2) is 0 Å². The van der Waals surface area contributed by atoms with Gasteiger partial charge in [-0.3, -0.25) is 0 Å². The molecule has 0 spiro atoms. The van der Waals surface area contributed by atoms with Gasteiger partial charge in [-0.15, -0.1) is 24.0 Å². The molecule has 0 rings (SSSR count). The molecule has 0 fully saturated rings.